The van der Waals surface area contributed by atoms with E-state index < -0.39 is 67.6 Å². The van der Waals surface area contributed by atoms with Crippen molar-refractivity contribution in [1.82, 2.24) is 26.2 Å². The van der Waals surface area contributed by atoms with Crippen LogP contribution in [0.25, 0.3) is 0 Å². The number of ether oxygens (including phenoxy) is 1. The highest BCUT2D eigenvalue weighted by Crippen LogP contribution is 2.35. The first-order valence-corrected chi connectivity index (χ1v) is 26.1. The molecular formula is C49H75N6O10P. The average molecular weight is 939 g/mol. The summed E-state index contributed by atoms with van der Waals surface area (Å²) < 4.78 is 16.5. The zero-order valence-electron chi connectivity index (χ0n) is 38.9. The Bertz CT molecular complexity index is 1880. The van der Waals surface area contributed by atoms with Gasteiger partial charge in [-0.2, -0.15) is 0 Å². The fourth-order valence-electron chi connectivity index (χ4n) is 8.82. The van der Waals surface area contributed by atoms with Crippen LogP contribution in [0.4, 0.5) is 0 Å². The first-order valence-electron chi connectivity index (χ1n) is 24.3. The second kappa shape index (κ2) is 29.1. The van der Waals surface area contributed by atoms with Crippen LogP contribution in [0.2, 0.25) is 0 Å². The molecular weight excluding hydrogens is 864 g/mol. The number of carbonyl (C=O) groups is 6. The van der Waals surface area contributed by atoms with Crippen molar-refractivity contribution in [3.8, 4) is 5.75 Å². The van der Waals surface area contributed by atoms with Gasteiger partial charge >= 0.3 is 7.60 Å². The topological polar surface area (TPSA) is 247 Å². The van der Waals surface area contributed by atoms with E-state index in [1.165, 1.54) is 69.9 Å². The first-order chi connectivity index (χ1) is 31.7. The third kappa shape index (κ3) is 20.0. The molecule has 2 heterocycles. The maximum atomic E-state index is 14.5. The molecule has 17 heteroatoms. The Morgan fingerprint density at radius 1 is 0.742 bits per heavy atom. The highest BCUT2D eigenvalue weighted by molar-refractivity contribution is 7.51. The average Bonchev–Trinajstić information content (AvgIpc) is 3.71. The minimum atomic E-state index is -4.40. The summed E-state index contributed by atoms with van der Waals surface area (Å²) in [5, 5.41) is 11.4. The maximum absolute atomic E-state index is 14.5. The van der Waals surface area contributed by atoms with Crippen molar-refractivity contribution in [3.05, 3.63) is 65.7 Å². The summed E-state index contributed by atoms with van der Waals surface area (Å²) in [6, 6.07) is 11.3. The molecule has 2 fully saturated rings. The minimum Gasteiger partial charge on any atom is -0.481 e. The van der Waals surface area contributed by atoms with Gasteiger partial charge in [0.25, 0.3) is 0 Å². The summed E-state index contributed by atoms with van der Waals surface area (Å²) in [6.07, 6.45) is 17.8. The van der Waals surface area contributed by atoms with Gasteiger partial charge in [-0.05, 0) is 61.8 Å². The lowest BCUT2D eigenvalue weighted by molar-refractivity contribution is -0.145. The molecule has 2 aromatic carbocycles. The molecule has 2 aliphatic heterocycles. The van der Waals surface area contributed by atoms with Crippen LogP contribution in [0, 0.1) is 0 Å². The Labute approximate surface area is 390 Å². The van der Waals surface area contributed by atoms with Gasteiger partial charge in [0, 0.05) is 31.8 Å². The fraction of sp³-hybridized carbons (Fsp3) is 0.633. The van der Waals surface area contributed by atoms with Crippen molar-refractivity contribution in [2.45, 2.75) is 191 Å². The highest BCUT2D eigenvalue weighted by atomic mass is 31.2. The number of carbonyl (C=O) groups excluding carboxylic acids is 6. The lowest BCUT2D eigenvalue weighted by atomic mass is 9.98. The molecule has 2 aromatic rings. The molecule has 0 aromatic heterocycles. The van der Waals surface area contributed by atoms with E-state index in [2.05, 4.69) is 28.2 Å². The van der Waals surface area contributed by atoms with Crippen LogP contribution in [0.5, 0.6) is 5.75 Å². The zero-order valence-corrected chi connectivity index (χ0v) is 39.8. The van der Waals surface area contributed by atoms with Crippen molar-refractivity contribution in [2.24, 2.45) is 5.73 Å². The summed E-state index contributed by atoms with van der Waals surface area (Å²) in [7, 11) is -4.40. The summed E-state index contributed by atoms with van der Waals surface area (Å²) in [4.78, 5) is 101. The molecule has 0 aliphatic carbocycles. The molecule has 6 amide bonds. The summed E-state index contributed by atoms with van der Waals surface area (Å²) in [5.41, 5.74) is 6.90. The Balaban J connectivity index is 1.39. The monoisotopic (exact) mass is 939 g/mol. The number of hydrogen-bond donors (Lipinski definition) is 7. The summed E-state index contributed by atoms with van der Waals surface area (Å²) >= 11 is 0. The van der Waals surface area contributed by atoms with E-state index in [1.54, 1.807) is 17.0 Å². The van der Waals surface area contributed by atoms with Gasteiger partial charge in [-0.15, -0.1) is 0 Å². The van der Waals surface area contributed by atoms with Gasteiger partial charge in [-0.1, -0.05) is 139 Å². The molecule has 5 atom stereocenters. The van der Waals surface area contributed by atoms with Crippen molar-refractivity contribution >= 4 is 43.0 Å². The van der Waals surface area contributed by atoms with Crippen molar-refractivity contribution in [1.29, 1.82) is 0 Å². The number of nitrogens with one attached hydrogen (secondary N) is 4. The number of unbranched alkanes of at least 4 members (excludes halogenated alkanes) is 12. The van der Waals surface area contributed by atoms with Gasteiger partial charge in [0.1, 0.15) is 29.9 Å². The standard InChI is InChI=1S/C49H75N6O10P/c1-2-3-4-5-6-7-8-9-10-11-12-13-17-24-45(57)52-42(33-36-25-28-39(29-26-36)65-35-66(62,63)64)47(59)54-41-23-19-18-22-38-27-31-43(55(38)49(41)61)48(60)53-40(30-32-44(50)56)46(58)51-34-37-20-15-14-16-21-37/h14-16,20-21,25-26,28-29,38,40-43H,2-13,17-19,22-24,27,30-35H2,1H3,(H2,50,56)(H,51,58)(H,52,57)(H,53,60)(H,54,59)(H2,62,63,64)/t38?,40-,41-,42+,43-/m0/s1. The van der Waals surface area contributed by atoms with Gasteiger partial charge in [0.05, 0.1) is 0 Å². The zero-order chi connectivity index (χ0) is 47.7. The van der Waals surface area contributed by atoms with Gasteiger partial charge in [0.15, 0.2) is 6.35 Å². The van der Waals surface area contributed by atoms with E-state index in [9.17, 15) is 43.1 Å². The van der Waals surface area contributed by atoms with E-state index >= 15 is 0 Å². The number of primary amides is 1. The van der Waals surface area contributed by atoms with Crippen molar-refractivity contribution in [3.63, 3.8) is 0 Å². The van der Waals surface area contributed by atoms with E-state index in [4.69, 9.17) is 10.5 Å². The summed E-state index contributed by atoms with van der Waals surface area (Å²) in [6.45, 7) is 2.44. The maximum Gasteiger partial charge on any atom is 0.362 e. The van der Waals surface area contributed by atoms with E-state index in [-0.39, 0.29) is 49.9 Å². The molecule has 0 spiro atoms. The van der Waals surface area contributed by atoms with Crippen LogP contribution in [-0.4, -0.2) is 86.7 Å². The molecule has 0 bridgehead atoms. The second-order valence-corrected chi connectivity index (χ2v) is 19.6. The molecule has 4 rings (SSSR count). The first kappa shape index (κ1) is 53.8. The number of nitrogens with two attached hydrogens (primary N) is 1. The minimum absolute atomic E-state index is 0.0277. The molecule has 1 unspecified atom stereocenters. The lowest BCUT2D eigenvalue weighted by Crippen LogP contribution is -2.60. The van der Waals surface area contributed by atoms with E-state index in [1.807, 2.05) is 30.3 Å². The number of fused-ring (bicyclic) bond motifs is 1. The fourth-order valence-corrected chi connectivity index (χ4v) is 9.14. The Kier molecular flexibility index (Phi) is 23.7. The van der Waals surface area contributed by atoms with Gasteiger partial charge in [-0.3, -0.25) is 33.3 Å². The Hall–Kier alpha value is -4.79. The Morgan fingerprint density at radius 3 is 1.98 bits per heavy atom. The van der Waals surface area contributed by atoms with Crippen LogP contribution in [0.1, 0.15) is 159 Å². The molecule has 8 N–H and O–H groups in total. The third-order valence-electron chi connectivity index (χ3n) is 12.5. The number of benzene rings is 2. The Morgan fingerprint density at radius 2 is 1.36 bits per heavy atom. The van der Waals surface area contributed by atoms with Crippen LogP contribution in [-0.2, 0) is 46.3 Å². The van der Waals surface area contributed by atoms with Gasteiger partial charge in [0.2, 0.25) is 35.4 Å². The van der Waals surface area contributed by atoms with Crippen molar-refractivity contribution < 1.29 is 47.9 Å². The number of rotatable bonds is 30. The van der Waals surface area contributed by atoms with E-state index in [0.29, 0.717) is 44.1 Å². The molecule has 66 heavy (non-hydrogen) atoms. The molecule has 2 saturated heterocycles. The predicted molar refractivity (Wildman–Crippen MR) is 253 cm³/mol. The van der Waals surface area contributed by atoms with Crippen LogP contribution < -0.4 is 31.7 Å². The molecule has 0 saturated carbocycles. The third-order valence-corrected chi connectivity index (χ3v) is 13.0. The second-order valence-electron chi connectivity index (χ2n) is 18.0. The van der Waals surface area contributed by atoms with Crippen LogP contribution in [0.3, 0.4) is 0 Å². The lowest BCUT2D eigenvalue weighted by Gasteiger charge is -2.36. The summed E-state index contributed by atoms with van der Waals surface area (Å²) in [5.74, 6) is -2.70. The van der Waals surface area contributed by atoms with Crippen LogP contribution in [0.15, 0.2) is 54.6 Å². The number of nitrogens with zero attached hydrogens (tertiary/aromatic N) is 1. The van der Waals surface area contributed by atoms with Gasteiger partial charge < -0.3 is 46.4 Å². The SMILES string of the molecule is CCCCCCCCCCCCCCCC(=O)N[C@H](Cc1ccc(OCP(=O)(O)O)cc1)C(=O)N[C@H]1CCCCC2CC[C@@H](C(=O)N[C@@H](CCC(N)=O)C(=O)NCc3ccccc3)N2C1=O. The largest absolute Gasteiger partial charge is 0.481 e. The molecule has 2 aliphatic rings. The van der Waals surface area contributed by atoms with E-state index in [0.717, 1.165) is 31.2 Å². The number of amides is 6. The molecule has 0 radical (unpaired) electrons. The molecule has 16 nitrogen and oxygen atoms in total. The normalized spacial score (nSPS) is 18.3. The highest BCUT2D eigenvalue weighted by Gasteiger charge is 2.45. The quantitative estimate of drug-likeness (QED) is 0.0346. The van der Waals surface area contributed by atoms with Crippen LogP contribution >= 0.6 is 7.60 Å². The smallest absolute Gasteiger partial charge is 0.362 e. The van der Waals surface area contributed by atoms with Crippen molar-refractivity contribution in [2.75, 3.05) is 6.35 Å². The number of hydrogen-bond acceptors (Lipinski definition) is 8. The predicted octanol–water partition coefficient (Wildman–Crippen LogP) is 6.19. The molecule has 366 valence electrons. The van der Waals surface area contributed by atoms with Gasteiger partial charge in [-0.25, -0.2) is 0 Å².